The maximum absolute atomic E-state index is 13.4. The van der Waals surface area contributed by atoms with Crippen LogP contribution in [0.4, 0.5) is 4.39 Å². The highest BCUT2D eigenvalue weighted by molar-refractivity contribution is 5.94. The molecule has 3 aromatic rings. The topological polar surface area (TPSA) is 28.5 Å². The van der Waals surface area contributed by atoms with Crippen LogP contribution in [-0.4, -0.2) is 46.0 Å². The molecule has 1 aromatic heterocycles. The number of halogens is 1. The molecule has 0 spiro atoms. The molecule has 0 radical (unpaired) electrons. The van der Waals surface area contributed by atoms with Crippen molar-refractivity contribution >= 4 is 5.91 Å². The van der Waals surface area contributed by atoms with Crippen LogP contribution in [0.5, 0.6) is 0 Å². The third-order valence-corrected chi connectivity index (χ3v) is 6.59. The van der Waals surface area contributed by atoms with E-state index in [0.717, 1.165) is 19.6 Å². The zero-order valence-electron chi connectivity index (χ0n) is 19.1. The number of carbonyl (C=O) groups excluding carboxylic acids is 1. The van der Waals surface area contributed by atoms with Gasteiger partial charge in [-0.1, -0.05) is 30.3 Å². The molecular formula is C27H32FN3O. The minimum absolute atomic E-state index is 0.0345. The molecule has 168 valence electrons. The molecule has 0 N–H and O–H groups in total. The highest BCUT2D eigenvalue weighted by Crippen LogP contribution is 2.34. The average Bonchev–Trinajstić information content (AvgIpc) is 3.38. The maximum Gasteiger partial charge on any atom is 0.254 e. The summed E-state index contributed by atoms with van der Waals surface area (Å²) >= 11 is 0. The van der Waals surface area contributed by atoms with Crippen LogP contribution in [0, 0.1) is 11.7 Å². The molecule has 2 heterocycles. The minimum Gasteiger partial charge on any atom is -0.353 e. The van der Waals surface area contributed by atoms with Crippen LogP contribution < -0.4 is 0 Å². The van der Waals surface area contributed by atoms with Gasteiger partial charge < -0.3 is 9.47 Å². The van der Waals surface area contributed by atoms with E-state index in [1.165, 1.54) is 23.4 Å². The Morgan fingerprint density at radius 3 is 2.38 bits per heavy atom. The van der Waals surface area contributed by atoms with Crippen molar-refractivity contribution in [3.63, 3.8) is 0 Å². The quantitative estimate of drug-likeness (QED) is 0.529. The van der Waals surface area contributed by atoms with Crippen molar-refractivity contribution in [1.29, 1.82) is 0 Å². The lowest BCUT2D eigenvalue weighted by molar-refractivity contribution is 0.0668. The normalized spacial score (nSPS) is 18.9. The highest BCUT2D eigenvalue weighted by atomic mass is 19.1. The lowest BCUT2D eigenvalue weighted by Crippen LogP contribution is -2.42. The number of nitrogens with zero attached hydrogens (tertiary/aromatic N) is 3. The SMILES string of the molecule is CC(C)N(C[C@H]1CN(Cc2cccn2C)C[C@@H]1c1ccccc1)C(=O)c1ccc(F)cc1. The Morgan fingerprint density at radius 1 is 1.03 bits per heavy atom. The Hall–Kier alpha value is -2.92. The zero-order chi connectivity index (χ0) is 22.7. The van der Waals surface area contributed by atoms with E-state index in [4.69, 9.17) is 0 Å². The molecule has 2 atom stereocenters. The molecule has 4 nitrogen and oxygen atoms in total. The van der Waals surface area contributed by atoms with E-state index in [1.807, 2.05) is 11.0 Å². The molecule has 0 aliphatic carbocycles. The average molecular weight is 434 g/mol. The van der Waals surface area contributed by atoms with Gasteiger partial charge in [0.1, 0.15) is 5.82 Å². The van der Waals surface area contributed by atoms with Crippen LogP contribution in [0.3, 0.4) is 0 Å². The summed E-state index contributed by atoms with van der Waals surface area (Å²) in [7, 11) is 2.08. The van der Waals surface area contributed by atoms with Gasteiger partial charge in [-0.2, -0.15) is 0 Å². The summed E-state index contributed by atoms with van der Waals surface area (Å²) in [6.07, 6.45) is 2.08. The molecule has 1 aliphatic rings. The molecule has 0 unspecified atom stereocenters. The molecule has 32 heavy (non-hydrogen) atoms. The molecule has 0 saturated carbocycles. The lowest BCUT2D eigenvalue weighted by atomic mass is 9.88. The molecule has 4 rings (SSSR count). The first-order valence-corrected chi connectivity index (χ1v) is 11.4. The van der Waals surface area contributed by atoms with Gasteiger partial charge in [-0.05, 0) is 61.7 Å². The summed E-state index contributed by atoms with van der Waals surface area (Å²) in [5.74, 6) is 0.324. The van der Waals surface area contributed by atoms with Crippen molar-refractivity contribution in [2.75, 3.05) is 19.6 Å². The number of aromatic nitrogens is 1. The molecular weight excluding hydrogens is 401 g/mol. The third kappa shape index (κ3) is 4.94. The van der Waals surface area contributed by atoms with Crippen molar-refractivity contribution in [3.05, 3.63) is 95.6 Å². The first-order chi connectivity index (χ1) is 15.4. The Morgan fingerprint density at radius 2 is 1.75 bits per heavy atom. The second kappa shape index (κ2) is 9.70. The molecule has 5 heteroatoms. The summed E-state index contributed by atoms with van der Waals surface area (Å²) in [5.41, 5.74) is 3.15. The van der Waals surface area contributed by atoms with Gasteiger partial charge in [-0.15, -0.1) is 0 Å². The van der Waals surface area contributed by atoms with Crippen LogP contribution >= 0.6 is 0 Å². The van der Waals surface area contributed by atoms with Gasteiger partial charge in [0, 0.05) is 62.6 Å². The maximum atomic E-state index is 13.4. The van der Waals surface area contributed by atoms with Gasteiger partial charge in [0.05, 0.1) is 0 Å². The number of likely N-dealkylation sites (tertiary alicyclic amines) is 1. The van der Waals surface area contributed by atoms with Gasteiger partial charge in [-0.25, -0.2) is 4.39 Å². The van der Waals surface area contributed by atoms with E-state index >= 15 is 0 Å². The standard InChI is InChI=1S/C27H32FN3O/c1-20(2)31(27(32)22-11-13-24(28)14-12-22)17-23-16-30(18-25-10-7-15-29(25)3)19-26(23)21-8-5-4-6-9-21/h4-15,20,23,26H,16-19H2,1-3H3/t23-,26-/m1/s1. The van der Waals surface area contributed by atoms with Gasteiger partial charge in [0.2, 0.25) is 0 Å². The van der Waals surface area contributed by atoms with E-state index in [-0.39, 0.29) is 17.8 Å². The van der Waals surface area contributed by atoms with E-state index in [1.54, 1.807) is 12.1 Å². The van der Waals surface area contributed by atoms with Crippen LogP contribution in [0.25, 0.3) is 0 Å². The van der Waals surface area contributed by atoms with Crippen molar-refractivity contribution in [3.8, 4) is 0 Å². The predicted molar refractivity (Wildman–Crippen MR) is 126 cm³/mol. The van der Waals surface area contributed by atoms with Crippen molar-refractivity contribution in [2.24, 2.45) is 13.0 Å². The monoisotopic (exact) mass is 433 g/mol. The van der Waals surface area contributed by atoms with E-state index in [2.05, 4.69) is 73.0 Å². The first-order valence-electron chi connectivity index (χ1n) is 11.4. The fraction of sp³-hybridized carbons (Fsp3) is 0.370. The van der Waals surface area contributed by atoms with Crippen molar-refractivity contribution in [1.82, 2.24) is 14.4 Å². The zero-order valence-corrected chi connectivity index (χ0v) is 19.1. The lowest BCUT2D eigenvalue weighted by Gasteiger charge is -2.32. The summed E-state index contributed by atoms with van der Waals surface area (Å²) < 4.78 is 15.5. The van der Waals surface area contributed by atoms with Gasteiger partial charge >= 0.3 is 0 Å². The summed E-state index contributed by atoms with van der Waals surface area (Å²) in [6, 6.07) is 20.8. The second-order valence-corrected chi connectivity index (χ2v) is 9.14. The molecule has 1 saturated heterocycles. The van der Waals surface area contributed by atoms with Gasteiger partial charge in [0.25, 0.3) is 5.91 Å². The Labute approximate surface area is 190 Å². The van der Waals surface area contributed by atoms with Crippen LogP contribution in [0.1, 0.15) is 41.4 Å². The summed E-state index contributed by atoms with van der Waals surface area (Å²) in [5, 5.41) is 0. The van der Waals surface area contributed by atoms with E-state index < -0.39 is 0 Å². The molecule has 1 amide bonds. The largest absolute Gasteiger partial charge is 0.353 e. The Balaban J connectivity index is 1.56. The minimum atomic E-state index is -0.325. The third-order valence-electron chi connectivity index (χ3n) is 6.59. The van der Waals surface area contributed by atoms with Crippen molar-refractivity contribution < 1.29 is 9.18 Å². The van der Waals surface area contributed by atoms with Crippen LogP contribution in [0.2, 0.25) is 0 Å². The van der Waals surface area contributed by atoms with E-state index in [9.17, 15) is 9.18 Å². The van der Waals surface area contributed by atoms with Gasteiger partial charge in [-0.3, -0.25) is 9.69 Å². The van der Waals surface area contributed by atoms with Crippen LogP contribution in [0.15, 0.2) is 72.9 Å². The number of amides is 1. The predicted octanol–water partition coefficient (Wildman–Crippen LogP) is 4.93. The summed E-state index contributed by atoms with van der Waals surface area (Å²) in [6.45, 7) is 7.58. The smallest absolute Gasteiger partial charge is 0.254 e. The number of hydrogen-bond acceptors (Lipinski definition) is 2. The molecule has 1 fully saturated rings. The Kier molecular flexibility index (Phi) is 6.75. The fourth-order valence-corrected chi connectivity index (χ4v) is 4.78. The van der Waals surface area contributed by atoms with E-state index in [0.29, 0.717) is 23.9 Å². The molecule has 2 aromatic carbocycles. The number of benzene rings is 2. The highest BCUT2D eigenvalue weighted by Gasteiger charge is 2.36. The fourth-order valence-electron chi connectivity index (χ4n) is 4.78. The summed E-state index contributed by atoms with van der Waals surface area (Å²) in [4.78, 5) is 17.7. The van der Waals surface area contributed by atoms with Crippen molar-refractivity contribution in [2.45, 2.75) is 32.4 Å². The number of aryl methyl sites for hydroxylation is 1. The number of carbonyl (C=O) groups is 1. The second-order valence-electron chi connectivity index (χ2n) is 9.14. The molecule has 0 bridgehead atoms. The number of hydrogen-bond donors (Lipinski definition) is 0. The first kappa shape index (κ1) is 22.3. The van der Waals surface area contributed by atoms with Crippen LogP contribution in [-0.2, 0) is 13.6 Å². The van der Waals surface area contributed by atoms with Gasteiger partial charge in [0.15, 0.2) is 0 Å². The number of rotatable bonds is 7. The molecule has 1 aliphatic heterocycles. The Bertz CT molecular complexity index is 1030.